The molecule has 8 heteroatoms. The average Bonchev–Trinajstić information content (AvgIpc) is 3.30. The lowest BCUT2D eigenvalue weighted by Gasteiger charge is -2.24. The molecule has 162 valence electrons. The van der Waals surface area contributed by atoms with E-state index in [1.165, 1.54) is 11.4 Å². The summed E-state index contributed by atoms with van der Waals surface area (Å²) in [6.45, 7) is 0.299. The van der Waals surface area contributed by atoms with Gasteiger partial charge in [0, 0.05) is 12.6 Å². The lowest BCUT2D eigenvalue weighted by molar-refractivity contribution is -0.119. The van der Waals surface area contributed by atoms with Crippen molar-refractivity contribution in [3.8, 4) is 11.5 Å². The molecule has 1 atom stereocenters. The second kappa shape index (κ2) is 8.56. The van der Waals surface area contributed by atoms with Crippen LogP contribution in [0, 0.1) is 0 Å². The molecule has 0 aromatic heterocycles. The van der Waals surface area contributed by atoms with Crippen molar-refractivity contribution in [3.63, 3.8) is 0 Å². The zero-order valence-electron chi connectivity index (χ0n) is 17.4. The van der Waals surface area contributed by atoms with Crippen LogP contribution in [-0.4, -0.2) is 45.4 Å². The highest BCUT2D eigenvalue weighted by Crippen LogP contribution is 2.32. The van der Waals surface area contributed by atoms with Crippen molar-refractivity contribution in [3.05, 3.63) is 60.7 Å². The molecule has 7 nitrogen and oxygen atoms in total. The monoisotopic (exact) mass is 440 g/mol. The predicted molar refractivity (Wildman–Crippen MR) is 119 cm³/mol. The first kappa shape index (κ1) is 21.1. The van der Waals surface area contributed by atoms with Crippen molar-refractivity contribution >= 4 is 32.4 Å². The first-order valence-corrected chi connectivity index (χ1v) is 11.4. The van der Waals surface area contributed by atoms with E-state index in [-0.39, 0.29) is 10.8 Å². The Morgan fingerprint density at radius 1 is 1.00 bits per heavy atom. The van der Waals surface area contributed by atoms with Crippen LogP contribution in [0.15, 0.2) is 65.6 Å². The smallest absolute Gasteiger partial charge is 0.243 e. The first-order chi connectivity index (χ1) is 14.9. The molecule has 31 heavy (non-hydrogen) atoms. The van der Waals surface area contributed by atoms with E-state index in [0.29, 0.717) is 36.6 Å². The summed E-state index contributed by atoms with van der Waals surface area (Å²) in [7, 11) is -0.782. The summed E-state index contributed by atoms with van der Waals surface area (Å²) in [6.07, 6.45) is 1.07. The molecule has 1 fully saturated rings. The minimum Gasteiger partial charge on any atom is -0.497 e. The van der Waals surface area contributed by atoms with E-state index in [0.717, 1.165) is 10.8 Å². The zero-order valence-corrected chi connectivity index (χ0v) is 18.2. The maximum atomic E-state index is 13.4. The number of fused-ring (bicyclic) bond motifs is 1. The minimum atomic E-state index is -3.82. The summed E-state index contributed by atoms with van der Waals surface area (Å²) in [5, 5.41) is 4.61. The summed E-state index contributed by atoms with van der Waals surface area (Å²) >= 11 is 0. The van der Waals surface area contributed by atoms with Crippen LogP contribution in [0.25, 0.3) is 10.8 Å². The SMILES string of the molecule is COc1ccc(NC(=O)[C@H]2CCCN2S(=O)(=O)c2ccc3ccccc3c2)c(OC)c1. The highest BCUT2D eigenvalue weighted by Gasteiger charge is 2.39. The van der Waals surface area contributed by atoms with E-state index in [2.05, 4.69) is 5.32 Å². The number of carbonyl (C=O) groups excluding carboxylic acids is 1. The van der Waals surface area contributed by atoms with Crippen molar-refractivity contribution in [1.29, 1.82) is 0 Å². The van der Waals surface area contributed by atoms with Gasteiger partial charge in [-0.3, -0.25) is 4.79 Å². The number of rotatable bonds is 6. The van der Waals surface area contributed by atoms with Gasteiger partial charge in [0.2, 0.25) is 15.9 Å². The summed E-state index contributed by atoms with van der Waals surface area (Å²) in [5.41, 5.74) is 0.461. The van der Waals surface area contributed by atoms with Gasteiger partial charge in [-0.05, 0) is 47.9 Å². The zero-order chi connectivity index (χ0) is 22.0. The Morgan fingerprint density at radius 2 is 1.77 bits per heavy atom. The van der Waals surface area contributed by atoms with E-state index in [9.17, 15) is 13.2 Å². The van der Waals surface area contributed by atoms with E-state index in [1.54, 1.807) is 43.5 Å². The quantitative estimate of drug-likeness (QED) is 0.633. The summed E-state index contributed by atoms with van der Waals surface area (Å²) in [5.74, 6) is 0.649. The molecule has 0 radical (unpaired) electrons. The maximum Gasteiger partial charge on any atom is 0.243 e. The van der Waals surface area contributed by atoms with Gasteiger partial charge < -0.3 is 14.8 Å². The lowest BCUT2D eigenvalue weighted by Crippen LogP contribution is -2.43. The number of ether oxygens (including phenoxy) is 2. The van der Waals surface area contributed by atoms with Crippen molar-refractivity contribution in [2.45, 2.75) is 23.8 Å². The number of sulfonamides is 1. The molecule has 4 rings (SSSR count). The molecule has 0 saturated carbocycles. The van der Waals surface area contributed by atoms with Crippen LogP contribution in [0.5, 0.6) is 11.5 Å². The van der Waals surface area contributed by atoms with Crippen molar-refractivity contribution < 1.29 is 22.7 Å². The van der Waals surface area contributed by atoms with Crippen LogP contribution in [0.3, 0.4) is 0 Å². The van der Waals surface area contributed by atoms with Crippen LogP contribution in [-0.2, 0) is 14.8 Å². The highest BCUT2D eigenvalue weighted by atomic mass is 32.2. The number of anilines is 1. The fourth-order valence-corrected chi connectivity index (χ4v) is 5.56. The second-order valence-corrected chi connectivity index (χ2v) is 9.23. The normalized spacial score (nSPS) is 16.9. The number of hydrogen-bond donors (Lipinski definition) is 1. The van der Waals surface area contributed by atoms with Crippen LogP contribution in [0.4, 0.5) is 5.69 Å². The minimum absolute atomic E-state index is 0.188. The molecular weight excluding hydrogens is 416 g/mol. The van der Waals surface area contributed by atoms with E-state index < -0.39 is 16.1 Å². The van der Waals surface area contributed by atoms with E-state index in [4.69, 9.17) is 9.47 Å². The molecular formula is C23H24N2O5S. The third kappa shape index (κ3) is 4.08. The van der Waals surface area contributed by atoms with Crippen molar-refractivity contribution in [2.75, 3.05) is 26.1 Å². The molecule has 1 aliphatic heterocycles. The Hall–Kier alpha value is -3.10. The maximum absolute atomic E-state index is 13.4. The Balaban J connectivity index is 1.60. The Morgan fingerprint density at radius 3 is 2.52 bits per heavy atom. The molecule has 3 aromatic carbocycles. The fraction of sp³-hybridized carbons (Fsp3) is 0.261. The molecule has 1 amide bonds. The third-order valence-electron chi connectivity index (χ3n) is 5.50. The first-order valence-electron chi connectivity index (χ1n) is 9.97. The molecule has 0 bridgehead atoms. The van der Waals surface area contributed by atoms with Gasteiger partial charge in [0.15, 0.2) is 0 Å². The molecule has 0 aliphatic carbocycles. The van der Waals surface area contributed by atoms with Crippen molar-refractivity contribution in [1.82, 2.24) is 4.31 Å². The standard InChI is InChI=1S/C23H24N2O5S/c1-29-18-10-12-20(22(15-18)30-2)24-23(26)21-8-5-13-25(21)31(27,28)19-11-9-16-6-3-4-7-17(16)14-19/h3-4,6-7,9-12,14-15,21H,5,8,13H2,1-2H3,(H,24,26)/t21-/m1/s1. The van der Waals surface area contributed by atoms with Gasteiger partial charge >= 0.3 is 0 Å². The van der Waals surface area contributed by atoms with Gasteiger partial charge in [-0.15, -0.1) is 0 Å². The molecule has 1 N–H and O–H groups in total. The third-order valence-corrected chi connectivity index (χ3v) is 7.40. The van der Waals surface area contributed by atoms with Gasteiger partial charge in [-0.1, -0.05) is 30.3 Å². The second-order valence-electron chi connectivity index (χ2n) is 7.34. The molecule has 0 unspecified atom stereocenters. The molecule has 1 heterocycles. The predicted octanol–water partition coefficient (Wildman–Crippen LogP) is 3.65. The Labute approximate surface area is 181 Å². The number of benzene rings is 3. The van der Waals surface area contributed by atoms with Gasteiger partial charge in [0.25, 0.3) is 0 Å². The van der Waals surface area contributed by atoms with Gasteiger partial charge in [-0.2, -0.15) is 4.31 Å². The highest BCUT2D eigenvalue weighted by molar-refractivity contribution is 7.89. The number of amides is 1. The van der Waals surface area contributed by atoms with Crippen LogP contribution >= 0.6 is 0 Å². The molecule has 3 aromatic rings. The molecule has 1 aliphatic rings. The van der Waals surface area contributed by atoms with Crippen LogP contribution in [0.1, 0.15) is 12.8 Å². The largest absolute Gasteiger partial charge is 0.497 e. The van der Waals surface area contributed by atoms with Gasteiger partial charge in [0.05, 0.1) is 24.8 Å². The number of methoxy groups -OCH3 is 2. The number of nitrogens with zero attached hydrogens (tertiary/aromatic N) is 1. The Bertz CT molecular complexity index is 1230. The average molecular weight is 441 g/mol. The number of nitrogens with one attached hydrogen (secondary N) is 1. The van der Waals surface area contributed by atoms with E-state index >= 15 is 0 Å². The van der Waals surface area contributed by atoms with Gasteiger partial charge in [0.1, 0.15) is 17.5 Å². The Kier molecular flexibility index (Phi) is 5.84. The summed E-state index contributed by atoms with van der Waals surface area (Å²) in [6, 6.07) is 16.9. The molecule has 1 saturated heterocycles. The summed E-state index contributed by atoms with van der Waals surface area (Å²) < 4.78 is 38.5. The summed E-state index contributed by atoms with van der Waals surface area (Å²) in [4.78, 5) is 13.2. The lowest BCUT2D eigenvalue weighted by atomic mass is 10.1. The topological polar surface area (TPSA) is 84.9 Å². The molecule has 0 spiro atoms. The van der Waals surface area contributed by atoms with Crippen molar-refractivity contribution in [2.24, 2.45) is 0 Å². The fourth-order valence-electron chi connectivity index (χ4n) is 3.87. The van der Waals surface area contributed by atoms with Gasteiger partial charge in [-0.25, -0.2) is 8.42 Å². The van der Waals surface area contributed by atoms with Crippen LogP contribution < -0.4 is 14.8 Å². The van der Waals surface area contributed by atoms with Crippen LogP contribution in [0.2, 0.25) is 0 Å². The van der Waals surface area contributed by atoms with E-state index in [1.807, 2.05) is 24.3 Å². The number of hydrogen-bond acceptors (Lipinski definition) is 5. The number of carbonyl (C=O) groups is 1.